The van der Waals surface area contributed by atoms with E-state index < -0.39 is 38.0 Å². The first kappa shape index (κ1) is 19.6. The van der Waals surface area contributed by atoms with E-state index >= 15 is 0 Å². The van der Waals surface area contributed by atoms with Crippen LogP contribution in [0.5, 0.6) is 0 Å². The van der Waals surface area contributed by atoms with Crippen LogP contribution in [0.3, 0.4) is 0 Å². The van der Waals surface area contributed by atoms with Gasteiger partial charge in [0.15, 0.2) is 0 Å². The first-order valence-electron chi connectivity index (χ1n) is 6.67. The van der Waals surface area contributed by atoms with Gasteiger partial charge in [0.2, 0.25) is 20.0 Å². The predicted octanol–water partition coefficient (Wildman–Crippen LogP) is 0.324. The molecule has 0 fully saturated rings. The summed E-state index contributed by atoms with van der Waals surface area (Å²) < 4.78 is 51.4. The van der Waals surface area contributed by atoms with E-state index in [0.717, 1.165) is 28.6 Å². The van der Waals surface area contributed by atoms with Crippen molar-refractivity contribution in [1.82, 2.24) is 9.03 Å². The zero-order valence-corrected chi connectivity index (χ0v) is 14.8. The summed E-state index contributed by atoms with van der Waals surface area (Å²) in [5, 5.41) is 9.05. The number of nitrogens with one attached hydrogen (secondary N) is 1. The van der Waals surface area contributed by atoms with Crippen molar-refractivity contribution in [2.75, 3.05) is 14.1 Å². The first-order valence-corrected chi connectivity index (χ1v) is 9.59. The van der Waals surface area contributed by atoms with E-state index in [1.165, 1.54) is 14.1 Å². The normalized spacial score (nSPS) is 14.2. The molecule has 0 aliphatic carbocycles. The highest BCUT2D eigenvalue weighted by Crippen LogP contribution is 2.17. The Bertz CT molecular complexity index is 767. The van der Waals surface area contributed by atoms with Crippen molar-refractivity contribution in [2.45, 2.75) is 29.7 Å². The number of rotatable bonds is 7. The number of sulfonamides is 2. The number of carboxylic acids is 1. The molecule has 0 aromatic heterocycles. The molecule has 0 saturated carbocycles. The Morgan fingerprint density at radius 1 is 1.04 bits per heavy atom. The quantitative estimate of drug-likeness (QED) is 0.719. The topological polar surface area (TPSA) is 121 Å². The van der Waals surface area contributed by atoms with Gasteiger partial charge in [0.05, 0.1) is 9.79 Å². The third-order valence-electron chi connectivity index (χ3n) is 3.13. The molecule has 0 spiro atoms. The molecule has 1 aromatic rings. The highest BCUT2D eigenvalue weighted by atomic mass is 32.2. The van der Waals surface area contributed by atoms with E-state index in [-0.39, 0.29) is 9.79 Å². The van der Waals surface area contributed by atoms with Crippen molar-refractivity contribution in [3.63, 3.8) is 0 Å². The monoisotopic (exact) mass is 364 g/mol. The maximum Gasteiger partial charge on any atom is 0.322 e. The second-order valence-corrected chi connectivity index (χ2v) is 9.31. The maximum atomic E-state index is 12.2. The molecule has 0 amide bonds. The summed E-state index contributed by atoms with van der Waals surface area (Å²) >= 11 is 0. The predicted molar refractivity (Wildman–Crippen MR) is 83.9 cm³/mol. The number of carbonyl (C=O) groups is 1. The van der Waals surface area contributed by atoms with Crippen LogP contribution in [0.1, 0.15) is 13.8 Å². The molecule has 0 radical (unpaired) electrons. The fraction of sp³-hybridized carbons (Fsp3) is 0.462. The Morgan fingerprint density at radius 2 is 1.48 bits per heavy atom. The molecule has 130 valence electrons. The highest BCUT2D eigenvalue weighted by molar-refractivity contribution is 7.89. The fourth-order valence-corrected chi connectivity index (χ4v) is 3.95. The van der Waals surface area contributed by atoms with Crippen molar-refractivity contribution in [2.24, 2.45) is 5.92 Å². The number of benzene rings is 1. The molecule has 10 heteroatoms. The lowest BCUT2D eigenvalue weighted by Gasteiger charge is -2.18. The average molecular weight is 364 g/mol. The van der Waals surface area contributed by atoms with Gasteiger partial charge in [-0.25, -0.2) is 21.1 Å². The SMILES string of the molecule is CC(C)[C@@H](NS(=O)(=O)c1ccc(S(=O)(=O)N(C)C)cc1)C(=O)O. The van der Waals surface area contributed by atoms with Crippen LogP contribution >= 0.6 is 0 Å². The third-order valence-corrected chi connectivity index (χ3v) is 6.41. The Kier molecular flexibility index (Phi) is 5.91. The summed E-state index contributed by atoms with van der Waals surface area (Å²) in [5.74, 6) is -1.73. The van der Waals surface area contributed by atoms with E-state index in [1.807, 2.05) is 0 Å². The molecule has 2 N–H and O–H groups in total. The Labute approximate surface area is 136 Å². The molecule has 0 heterocycles. The van der Waals surface area contributed by atoms with Crippen LogP contribution in [-0.4, -0.2) is 52.4 Å². The van der Waals surface area contributed by atoms with E-state index in [0.29, 0.717) is 0 Å². The van der Waals surface area contributed by atoms with Crippen molar-refractivity contribution in [1.29, 1.82) is 0 Å². The van der Waals surface area contributed by atoms with Crippen LogP contribution in [-0.2, 0) is 24.8 Å². The van der Waals surface area contributed by atoms with E-state index in [9.17, 15) is 21.6 Å². The van der Waals surface area contributed by atoms with Gasteiger partial charge < -0.3 is 5.11 Å². The van der Waals surface area contributed by atoms with Gasteiger partial charge >= 0.3 is 5.97 Å². The number of hydrogen-bond donors (Lipinski definition) is 2. The van der Waals surface area contributed by atoms with E-state index in [1.54, 1.807) is 13.8 Å². The largest absolute Gasteiger partial charge is 0.480 e. The Morgan fingerprint density at radius 3 is 1.83 bits per heavy atom. The standard InChI is InChI=1S/C13H20N2O6S2/c1-9(2)12(13(16)17)14-22(18,19)10-5-7-11(8-6-10)23(20,21)15(3)4/h5-9,12,14H,1-4H3,(H,16,17)/t12-/m1/s1. The lowest BCUT2D eigenvalue weighted by molar-refractivity contribution is -0.140. The van der Waals surface area contributed by atoms with Gasteiger partial charge in [-0.05, 0) is 30.2 Å². The third kappa shape index (κ3) is 4.50. The maximum absolute atomic E-state index is 12.2. The van der Waals surface area contributed by atoms with Crippen LogP contribution in [0.2, 0.25) is 0 Å². The molecule has 0 aliphatic rings. The molecule has 23 heavy (non-hydrogen) atoms. The zero-order valence-electron chi connectivity index (χ0n) is 13.2. The van der Waals surface area contributed by atoms with Crippen molar-refractivity contribution in [3.8, 4) is 0 Å². The second-order valence-electron chi connectivity index (χ2n) is 5.44. The highest BCUT2D eigenvalue weighted by Gasteiger charge is 2.28. The summed E-state index contributed by atoms with van der Waals surface area (Å²) in [4.78, 5) is 10.8. The molecule has 0 aliphatic heterocycles. The molecule has 8 nitrogen and oxygen atoms in total. The fourth-order valence-electron chi connectivity index (χ4n) is 1.71. The second kappa shape index (κ2) is 6.95. The minimum Gasteiger partial charge on any atom is -0.480 e. The molecule has 0 unspecified atom stereocenters. The summed E-state index contributed by atoms with van der Waals surface area (Å²) in [6, 6.07) is 3.30. The van der Waals surface area contributed by atoms with Crippen molar-refractivity contribution >= 4 is 26.0 Å². The lowest BCUT2D eigenvalue weighted by atomic mass is 10.1. The number of carboxylic acid groups (broad SMARTS) is 1. The Balaban J connectivity index is 3.15. The summed E-state index contributed by atoms with van der Waals surface area (Å²) in [6.45, 7) is 3.15. The minimum absolute atomic E-state index is 0.0555. The minimum atomic E-state index is -4.07. The van der Waals surface area contributed by atoms with E-state index in [4.69, 9.17) is 5.11 Å². The molecular formula is C13H20N2O6S2. The van der Waals surface area contributed by atoms with Gasteiger partial charge in [-0.1, -0.05) is 13.8 Å². The lowest BCUT2D eigenvalue weighted by Crippen LogP contribution is -2.44. The smallest absolute Gasteiger partial charge is 0.322 e. The zero-order chi connectivity index (χ0) is 18.0. The van der Waals surface area contributed by atoms with Gasteiger partial charge in [0, 0.05) is 14.1 Å². The molecular weight excluding hydrogens is 344 g/mol. The van der Waals surface area contributed by atoms with Gasteiger partial charge in [-0.3, -0.25) is 4.79 Å². The van der Waals surface area contributed by atoms with Crippen LogP contribution < -0.4 is 4.72 Å². The molecule has 1 atom stereocenters. The molecule has 0 saturated heterocycles. The summed E-state index contributed by atoms with van der Waals surface area (Å²) in [7, 11) is -5.01. The number of nitrogens with zero attached hydrogens (tertiary/aromatic N) is 1. The Hall–Kier alpha value is -1.49. The molecule has 1 aromatic carbocycles. The number of hydrogen-bond acceptors (Lipinski definition) is 5. The van der Waals surface area contributed by atoms with Gasteiger partial charge in [0.1, 0.15) is 6.04 Å². The van der Waals surface area contributed by atoms with Crippen molar-refractivity contribution < 1.29 is 26.7 Å². The van der Waals surface area contributed by atoms with Crippen molar-refractivity contribution in [3.05, 3.63) is 24.3 Å². The first-order chi connectivity index (χ1) is 10.4. The van der Waals surface area contributed by atoms with Gasteiger partial charge in [-0.2, -0.15) is 4.72 Å². The van der Waals surface area contributed by atoms with Crippen LogP contribution in [0.15, 0.2) is 34.1 Å². The van der Waals surface area contributed by atoms with Gasteiger partial charge in [-0.15, -0.1) is 0 Å². The number of aliphatic carboxylic acids is 1. The van der Waals surface area contributed by atoms with Crippen LogP contribution in [0.25, 0.3) is 0 Å². The average Bonchev–Trinajstić information content (AvgIpc) is 2.44. The van der Waals surface area contributed by atoms with Gasteiger partial charge in [0.25, 0.3) is 0 Å². The van der Waals surface area contributed by atoms with Crippen LogP contribution in [0, 0.1) is 5.92 Å². The molecule has 1 rings (SSSR count). The summed E-state index contributed by atoms with van der Waals surface area (Å²) in [6.07, 6.45) is 0. The van der Waals surface area contributed by atoms with Crippen LogP contribution in [0.4, 0.5) is 0 Å². The molecule has 0 bridgehead atoms. The van der Waals surface area contributed by atoms with E-state index in [2.05, 4.69) is 4.72 Å². The summed E-state index contributed by atoms with van der Waals surface area (Å²) in [5.41, 5.74) is 0.